The van der Waals surface area contributed by atoms with E-state index in [0.717, 1.165) is 53.2 Å². The van der Waals surface area contributed by atoms with Crippen molar-refractivity contribution in [3.63, 3.8) is 0 Å². The van der Waals surface area contributed by atoms with Crippen molar-refractivity contribution in [3.8, 4) is 5.88 Å². The summed E-state index contributed by atoms with van der Waals surface area (Å²) in [6.07, 6.45) is 1.69. The minimum Gasteiger partial charge on any atom is -0.478 e. The number of carboxylic acids is 1. The third kappa shape index (κ3) is 5.36. The van der Waals surface area contributed by atoms with Crippen molar-refractivity contribution < 1.29 is 28.2 Å². The van der Waals surface area contributed by atoms with E-state index in [4.69, 9.17) is 37.7 Å². The van der Waals surface area contributed by atoms with E-state index in [1.807, 2.05) is 4.57 Å². The Bertz CT molecular complexity index is 1600. The predicted molar refractivity (Wildman–Crippen MR) is 144 cm³/mol. The first-order chi connectivity index (χ1) is 19.2. The van der Waals surface area contributed by atoms with Crippen LogP contribution in [0.2, 0.25) is 10.0 Å². The summed E-state index contributed by atoms with van der Waals surface area (Å²) in [6, 6.07) is 8.76. The Morgan fingerprint density at radius 1 is 1.15 bits per heavy atom. The molecule has 8 nitrogen and oxygen atoms in total. The molecule has 40 heavy (non-hydrogen) atoms. The maximum atomic E-state index is 14.2. The predicted octanol–water partition coefficient (Wildman–Crippen LogP) is 5.64. The van der Waals surface area contributed by atoms with Gasteiger partial charge in [0.25, 0.3) is 0 Å². The van der Waals surface area contributed by atoms with Crippen LogP contribution in [0.25, 0.3) is 11.0 Å². The van der Waals surface area contributed by atoms with E-state index in [1.165, 1.54) is 0 Å². The van der Waals surface area contributed by atoms with E-state index in [9.17, 15) is 18.7 Å². The lowest BCUT2D eigenvalue weighted by Crippen LogP contribution is -2.34. The minimum atomic E-state index is -0.993. The van der Waals surface area contributed by atoms with Crippen LogP contribution in [-0.4, -0.2) is 49.8 Å². The molecule has 4 heterocycles. The maximum Gasteiger partial charge on any atom is 0.335 e. The number of nitrogens with zero attached hydrogens (tertiary/aromatic N) is 4. The van der Waals surface area contributed by atoms with Crippen LogP contribution in [-0.2, 0) is 37.4 Å². The summed E-state index contributed by atoms with van der Waals surface area (Å²) in [5.74, 6) is -1.72. The average molecular weight is 589 g/mol. The van der Waals surface area contributed by atoms with E-state index in [0.29, 0.717) is 32.7 Å². The first kappa shape index (κ1) is 26.9. The van der Waals surface area contributed by atoms with Crippen molar-refractivity contribution in [3.05, 3.63) is 86.3 Å². The van der Waals surface area contributed by atoms with Crippen molar-refractivity contribution in [2.45, 2.75) is 45.2 Å². The monoisotopic (exact) mass is 588 g/mol. The molecule has 0 saturated carbocycles. The van der Waals surface area contributed by atoms with E-state index in [-0.39, 0.29) is 33.2 Å². The number of imidazole rings is 1. The summed E-state index contributed by atoms with van der Waals surface area (Å²) in [6.45, 7) is 2.63. The number of benzene rings is 2. The molecule has 0 unspecified atom stereocenters. The average Bonchev–Trinajstić information content (AvgIpc) is 3.21. The van der Waals surface area contributed by atoms with E-state index < -0.39 is 24.2 Å². The Balaban J connectivity index is 1.23. The lowest BCUT2D eigenvalue weighted by atomic mass is 10.1. The fourth-order valence-corrected chi connectivity index (χ4v) is 5.44. The molecule has 1 N–H and O–H groups in total. The summed E-state index contributed by atoms with van der Waals surface area (Å²) < 4.78 is 41.8. The van der Waals surface area contributed by atoms with Crippen molar-refractivity contribution in [2.24, 2.45) is 0 Å². The molecule has 2 aromatic carbocycles. The quantitative estimate of drug-likeness (QED) is 0.285. The standard InChI is InChI=1S/C28H24Cl2F2N4O4/c29-17-9-21(31)19(22(32)10-17)14-40-27-20(30)7-15-3-5-35(12-24(15)34-27)13-26-33-23-2-1-16(28(37)38)8-25(23)36(26)11-18-4-6-39-18/h1-2,7-10,18H,3-6,11-14H2,(H,37,38)/t18-/m0/s1. The van der Waals surface area contributed by atoms with Gasteiger partial charge in [-0.05, 0) is 54.8 Å². The van der Waals surface area contributed by atoms with Gasteiger partial charge in [-0.25, -0.2) is 23.5 Å². The molecule has 0 bridgehead atoms. The van der Waals surface area contributed by atoms with Gasteiger partial charge in [0.2, 0.25) is 5.88 Å². The summed E-state index contributed by atoms with van der Waals surface area (Å²) in [7, 11) is 0. The molecule has 12 heteroatoms. The van der Waals surface area contributed by atoms with Crippen LogP contribution >= 0.6 is 23.2 Å². The number of fused-ring (bicyclic) bond motifs is 2. The van der Waals surface area contributed by atoms with Gasteiger partial charge in [-0.2, -0.15) is 0 Å². The van der Waals surface area contributed by atoms with Gasteiger partial charge < -0.3 is 19.1 Å². The van der Waals surface area contributed by atoms with Crippen LogP contribution in [0.15, 0.2) is 36.4 Å². The van der Waals surface area contributed by atoms with Gasteiger partial charge in [0.15, 0.2) is 0 Å². The molecule has 1 saturated heterocycles. The number of rotatable bonds is 8. The molecule has 208 valence electrons. The van der Waals surface area contributed by atoms with Crippen LogP contribution in [0.5, 0.6) is 5.88 Å². The van der Waals surface area contributed by atoms with Gasteiger partial charge in [-0.15, -0.1) is 0 Å². The maximum absolute atomic E-state index is 14.2. The molecule has 0 spiro atoms. The summed E-state index contributed by atoms with van der Waals surface area (Å²) in [4.78, 5) is 23.2. The number of aromatic nitrogens is 3. The fourth-order valence-electron chi connectivity index (χ4n) is 5.02. The molecular weight excluding hydrogens is 565 g/mol. The molecule has 0 aliphatic carbocycles. The van der Waals surface area contributed by atoms with E-state index in [2.05, 4.69) is 9.88 Å². The highest BCUT2D eigenvalue weighted by Gasteiger charge is 2.26. The molecule has 4 aromatic rings. The smallest absolute Gasteiger partial charge is 0.335 e. The van der Waals surface area contributed by atoms with Gasteiger partial charge in [0.1, 0.15) is 29.1 Å². The van der Waals surface area contributed by atoms with Gasteiger partial charge in [-0.1, -0.05) is 23.2 Å². The van der Waals surface area contributed by atoms with Crippen molar-refractivity contribution in [1.29, 1.82) is 0 Å². The molecule has 6 rings (SSSR count). The second-order valence-electron chi connectivity index (χ2n) is 9.91. The molecular formula is C28H24Cl2F2N4O4. The number of aromatic carboxylic acids is 1. The Labute approximate surface area is 238 Å². The normalized spacial score (nSPS) is 17.1. The number of hydrogen-bond acceptors (Lipinski definition) is 6. The molecule has 2 aliphatic heterocycles. The highest BCUT2D eigenvalue weighted by atomic mass is 35.5. The lowest BCUT2D eigenvalue weighted by Gasteiger charge is -2.30. The summed E-state index contributed by atoms with van der Waals surface area (Å²) in [5, 5.41) is 9.71. The fraction of sp³-hybridized carbons (Fsp3) is 0.321. The molecule has 2 aliphatic rings. The van der Waals surface area contributed by atoms with Crippen molar-refractivity contribution in [1.82, 2.24) is 19.4 Å². The van der Waals surface area contributed by atoms with Gasteiger partial charge in [0, 0.05) is 24.7 Å². The SMILES string of the molecule is O=C(O)c1ccc2nc(CN3CCc4cc(Cl)c(OCc5c(F)cc(Cl)cc5F)nc4C3)n(C[C@@H]3CCO3)c2c1. The van der Waals surface area contributed by atoms with E-state index >= 15 is 0 Å². The third-order valence-electron chi connectivity index (χ3n) is 7.26. The first-order valence-corrected chi connectivity index (χ1v) is 13.5. The minimum absolute atomic E-state index is 0.0418. The first-order valence-electron chi connectivity index (χ1n) is 12.8. The van der Waals surface area contributed by atoms with Crippen LogP contribution in [0.3, 0.4) is 0 Å². The zero-order chi connectivity index (χ0) is 28.0. The Morgan fingerprint density at radius 2 is 1.93 bits per heavy atom. The largest absolute Gasteiger partial charge is 0.478 e. The zero-order valence-corrected chi connectivity index (χ0v) is 22.7. The second-order valence-corrected chi connectivity index (χ2v) is 10.8. The topological polar surface area (TPSA) is 89.7 Å². The second kappa shape index (κ2) is 10.9. The molecule has 0 amide bonds. The van der Waals surface area contributed by atoms with Gasteiger partial charge >= 0.3 is 5.97 Å². The highest BCUT2D eigenvalue weighted by molar-refractivity contribution is 6.32. The zero-order valence-electron chi connectivity index (χ0n) is 21.2. The Hall–Kier alpha value is -3.31. The highest BCUT2D eigenvalue weighted by Crippen LogP contribution is 2.31. The molecule has 1 fully saturated rings. The Morgan fingerprint density at radius 3 is 2.62 bits per heavy atom. The number of carboxylic acid groups (broad SMARTS) is 1. The van der Waals surface area contributed by atoms with Crippen LogP contribution < -0.4 is 4.74 Å². The van der Waals surface area contributed by atoms with E-state index in [1.54, 1.807) is 24.3 Å². The molecule has 2 aromatic heterocycles. The lowest BCUT2D eigenvalue weighted by molar-refractivity contribution is -0.0592. The third-order valence-corrected chi connectivity index (χ3v) is 7.75. The summed E-state index contributed by atoms with van der Waals surface area (Å²) in [5.41, 5.74) is 3.14. The van der Waals surface area contributed by atoms with Crippen LogP contribution in [0.1, 0.15) is 39.4 Å². The van der Waals surface area contributed by atoms with Gasteiger partial charge in [-0.3, -0.25) is 4.90 Å². The van der Waals surface area contributed by atoms with Crippen molar-refractivity contribution in [2.75, 3.05) is 13.2 Å². The number of ether oxygens (including phenoxy) is 2. The molecule has 0 radical (unpaired) electrons. The summed E-state index contributed by atoms with van der Waals surface area (Å²) >= 11 is 12.1. The van der Waals surface area contributed by atoms with Crippen LogP contribution in [0, 0.1) is 11.6 Å². The van der Waals surface area contributed by atoms with Crippen molar-refractivity contribution >= 4 is 40.2 Å². The number of carbonyl (C=O) groups is 1. The molecule has 1 atom stereocenters. The van der Waals surface area contributed by atoms with Crippen LogP contribution in [0.4, 0.5) is 8.78 Å². The Kier molecular flexibility index (Phi) is 7.35. The van der Waals surface area contributed by atoms with Gasteiger partial charge in [0.05, 0.1) is 47.0 Å². The number of halogens is 4. The number of hydrogen-bond donors (Lipinski definition) is 1. The number of pyridine rings is 1.